The molecular weight excluding hydrogens is 444 g/mol. The largest absolute Gasteiger partial charge is 0.380 e. The summed E-state index contributed by atoms with van der Waals surface area (Å²) in [5.41, 5.74) is 3.68. The lowest BCUT2D eigenvalue weighted by atomic mass is 9.89. The number of benzene rings is 1. The number of rotatable bonds is 10. The van der Waals surface area contributed by atoms with Gasteiger partial charge in [-0.15, -0.1) is 0 Å². The van der Waals surface area contributed by atoms with Gasteiger partial charge in [0.05, 0.1) is 24.4 Å². The van der Waals surface area contributed by atoms with Gasteiger partial charge in [-0.25, -0.2) is 0 Å². The van der Waals surface area contributed by atoms with Crippen LogP contribution in [-0.4, -0.2) is 67.0 Å². The number of likely N-dealkylation sites (tertiary alicyclic amines) is 1. The molecule has 0 saturated carbocycles. The lowest BCUT2D eigenvalue weighted by Crippen LogP contribution is -2.44. The lowest BCUT2D eigenvalue weighted by molar-refractivity contribution is -0.131. The van der Waals surface area contributed by atoms with Crippen molar-refractivity contribution in [2.75, 3.05) is 39.4 Å². The van der Waals surface area contributed by atoms with Gasteiger partial charge in [0.2, 0.25) is 5.91 Å². The maximum absolute atomic E-state index is 12.8. The number of nitrogens with zero attached hydrogens (tertiary/aromatic N) is 2. The number of aryl methyl sites for hydroxylation is 2. The van der Waals surface area contributed by atoms with Crippen LogP contribution in [0.3, 0.4) is 0 Å². The summed E-state index contributed by atoms with van der Waals surface area (Å²) in [7, 11) is 0. The van der Waals surface area contributed by atoms with Crippen molar-refractivity contribution < 1.29 is 19.1 Å². The number of ether oxygens (including phenoxy) is 1. The molecule has 0 radical (unpaired) electrons. The molecule has 1 aromatic heterocycles. The minimum Gasteiger partial charge on any atom is -0.380 e. The Morgan fingerprint density at radius 3 is 2.40 bits per heavy atom. The summed E-state index contributed by atoms with van der Waals surface area (Å²) in [4.78, 5) is 44.4. The summed E-state index contributed by atoms with van der Waals surface area (Å²) in [6.07, 6.45) is 2.38. The smallest absolute Gasteiger partial charge is 0.253 e. The predicted molar refractivity (Wildman–Crippen MR) is 134 cm³/mol. The summed E-state index contributed by atoms with van der Waals surface area (Å²) in [5, 5.41) is 5.66. The zero-order valence-corrected chi connectivity index (χ0v) is 20.9. The number of carbonyl (C=O) groups is 3. The van der Waals surface area contributed by atoms with Crippen LogP contribution in [0.4, 0.5) is 0 Å². The van der Waals surface area contributed by atoms with E-state index >= 15 is 0 Å². The quantitative estimate of drug-likeness (QED) is 0.509. The molecule has 1 saturated heterocycles. The third-order valence-corrected chi connectivity index (χ3v) is 6.21. The Labute approximate surface area is 207 Å². The van der Waals surface area contributed by atoms with Gasteiger partial charge in [-0.05, 0) is 56.9 Å². The van der Waals surface area contributed by atoms with Crippen LogP contribution in [0.15, 0.2) is 36.4 Å². The van der Waals surface area contributed by atoms with E-state index in [1.54, 1.807) is 11.0 Å². The summed E-state index contributed by atoms with van der Waals surface area (Å²) in [6.45, 7) is 8.53. The maximum Gasteiger partial charge on any atom is 0.253 e. The van der Waals surface area contributed by atoms with Crippen LogP contribution in [-0.2, 0) is 9.53 Å². The Morgan fingerprint density at radius 1 is 0.971 bits per heavy atom. The first-order valence-electron chi connectivity index (χ1n) is 12.4. The normalized spacial score (nSPS) is 14.0. The molecule has 0 aliphatic carbocycles. The SMILES string of the molecule is CCCOCCNC(=O)c1ccc(C)nc1C1CCN(C(=O)CNC(=O)c2ccccc2C)CC1. The van der Waals surface area contributed by atoms with Gasteiger partial charge < -0.3 is 20.3 Å². The highest BCUT2D eigenvalue weighted by Gasteiger charge is 2.28. The fourth-order valence-corrected chi connectivity index (χ4v) is 4.25. The molecule has 0 spiro atoms. The summed E-state index contributed by atoms with van der Waals surface area (Å²) in [5.74, 6) is -0.402. The highest BCUT2D eigenvalue weighted by Crippen LogP contribution is 2.29. The third-order valence-electron chi connectivity index (χ3n) is 6.21. The topological polar surface area (TPSA) is 101 Å². The van der Waals surface area contributed by atoms with Crippen molar-refractivity contribution in [3.05, 3.63) is 64.5 Å². The van der Waals surface area contributed by atoms with Gasteiger partial charge in [0, 0.05) is 43.4 Å². The van der Waals surface area contributed by atoms with E-state index in [4.69, 9.17) is 9.72 Å². The van der Waals surface area contributed by atoms with Gasteiger partial charge >= 0.3 is 0 Å². The van der Waals surface area contributed by atoms with E-state index in [2.05, 4.69) is 10.6 Å². The predicted octanol–water partition coefficient (Wildman–Crippen LogP) is 2.99. The zero-order chi connectivity index (χ0) is 25.2. The lowest BCUT2D eigenvalue weighted by Gasteiger charge is -2.32. The standard InChI is InChI=1S/C27H36N4O4/c1-4-16-35-17-13-28-27(34)23-10-9-20(3)30-25(23)21-11-14-31(15-12-21)24(32)18-29-26(33)22-8-6-5-7-19(22)2/h5-10,21H,4,11-18H2,1-3H3,(H,28,34)(H,29,33). The Kier molecular flexibility index (Phi) is 9.78. The van der Waals surface area contributed by atoms with Crippen LogP contribution >= 0.6 is 0 Å². The molecule has 1 aliphatic heterocycles. The number of hydrogen-bond acceptors (Lipinski definition) is 5. The summed E-state index contributed by atoms with van der Waals surface area (Å²) >= 11 is 0. The average Bonchev–Trinajstić information content (AvgIpc) is 2.87. The van der Waals surface area contributed by atoms with Gasteiger partial charge in [-0.3, -0.25) is 19.4 Å². The second kappa shape index (κ2) is 13.0. The molecule has 35 heavy (non-hydrogen) atoms. The number of aromatic nitrogens is 1. The van der Waals surface area contributed by atoms with Crippen molar-refractivity contribution >= 4 is 17.7 Å². The first-order valence-corrected chi connectivity index (χ1v) is 12.4. The number of pyridine rings is 1. The number of amides is 3. The van der Waals surface area contributed by atoms with E-state index in [9.17, 15) is 14.4 Å². The summed E-state index contributed by atoms with van der Waals surface area (Å²) < 4.78 is 5.44. The molecule has 2 N–H and O–H groups in total. The second-order valence-corrected chi connectivity index (χ2v) is 8.91. The van der Waals surface area contributed by atoms with Crippen LogP contribution in [0.1, 0.15) is 69.8 Å². The van der Waals surface area contributed by atoms with E-state index in [-0.39, 0.29) is 30.2 Å². The Balaban J connectivity index is 1.53. The molecule has 1 aromatic carbocycles. The van der Waals surface area contributed by atoms with Crippen molar-refractivity contribution in [3.63, 3.8) is 0 Å². The molecule has 0 unspecified atom stereocenters. The van der Waals surface area contributed by atoms with Crippen LogP contribution < -0.4 is 10.6 Å². The first-order chi connectivity index (χ1) is 16.9. The molecular formula is C27H36N4O4. The molecule has 1 fully saturated rings. The van der Waals surface area contributed by atoms with Crippen molar-refractivity contribution in [2.45, 2.75) is 46.0 Å². The minimum atomic E-state index is -0.244. The Hall–Kier alpha value is -3.26. The molecule has 1 aliphatic rings. The molecule has 8 heteroatoms. The van der Waals surface area contributed by atoms with Crippen molar-refractivity contribution in [1.29, 1.82) is 0 Å². The van der Waals surface area contributed by atoms with Gasteiger partial charge in [-0.1, -0.05) is 25.1 Å². The third kappa shape index (κ3) is 7.36. The zero-order valence-electron chi connectivity index (χ0n) is 20.9. The van der Waals surface area contributed by atoms with Crippen LogP contribution in [0.25, 0.3) is 0 Å². The van der Waals surface area contributed by atoms with Gasteiger partial charge in [0.15, 0.2) is 0 Å². The van der Waals surface area contributed by atoms with E-state index < -0.39 is 0 Å². The molecule has 8 nitrogen and oxygen atoms in total. The summed E-state index contributed by atoms with van der Waals surface area (Å²) in [6, 6.07) is 11.0. The first kappa shape index (κ1) is 26.3. The van der Waals surface area contributed by atoms with Crippen LogP contribution in [0.2, 0.25) is 0 Å². The highest BCUT2D eigenvalue weighted by atomic mass is 16.5. The fraction of sp³-hybridized carbons (Fsp3) is 0.481. The average molecular weight is 481 g/mol. The number of piperidine rings is 1. The molecule has 3 rings (SSSR count). The fourth-order valence-electron chi connectivity index (χ4n) is 4.25. The molecule has 2 heterocycles. The molecule has 2 aromatic rings. The van der Waals surface area contributed by atoms with Crippen molar-refractivity contribution in [3.8, 4) is 0 Å². The Bertz CT molecular complexity index is 1030. The van der Waals surface area contributed by atoms with Crippen LogP contribution in [0.5, 0.6) is 0 Å². The maximum atomic E-state index is 12.8. The molecule has 0 bridgehead atoms. The van der Waals surface area contributed by atoms with E-state index in [0.717, 1.165) is 23.4 Å². The van der Waals surface area contributed by atoms with Crippen LogP contribution in [0, 0.1) is 13.8 Å². The molecule has 188 valence electrons. The van der Waals surface area contributed by atoms with E-state index in [0.29, 0.717) is 56.8 Å². The van der Waals surface area contributed by atoms with Gasteiger partial charge in [0.1, 0.15) is 0 Å². The minimum absolute atomic E-state index is 0.0334. The number of hydrogen-bond donors (Lipinski definition) is 2. The molecule has 3 amide bonds. The van der Waals surface area contributed by atoms with Crippen molar-refractivity contribution in [2.24, 2.45) is 0 Å². The second-order valence-electron chi connectivity index (χ2n) is 8.91. The monoisotopic (exact) mass is 480 g/mol. The van der Waals surface area contributed by atoms with E-state index in [1.165, 1.54) is 0 Å². The molecule has 0 atom stereocenters. The highest BCUT2D eigenvalue weighted by molar-refractivity contribution is 5.97. The number of carbonyl (C=O) groups excluding carboxylic acids is 3. The number of nitrogens with one attached hydrogen (secondary N) is 2. The van der Waals surface area contributed by atoms with Crippen molar-refractivity contribution in [1.82, 2.24) is 20.5 Å². The van der Waals surface area contributed by atoms with E-state index in [1.807, 2.05) is 51.1 Å². The van der Waals surface area contributed by atoms with Gasteiger partial charge in [0.25, 0.3) is 11.8 Å². The Morgan fingerprint density at radius 2 is 1.69 bits per heavy atom. The van der Waals surface area contributed by atoms with Gasteiger partial charge in [-0.2, -0.15) is 0 Å².